The van der Waals surface area contributed by atoms with E-state index in [4.69, 9.17) is 14.2 Å². The molecule has 2 aliphatic heterocycles. The Bertz CT molecular complexity index is 1000. The van der Waals surface area contributed by atoms with Crippen molar-refractivity contribution < 1.29 is 23.8 Å². The highest BCUT2D eigenvalue weighted by Crippen LogP contribution is 2.27. The number of methoxy groups -OCH3 is 2. The fourth-order valence-electron chi connectivity index (χ4n) is 3.31. The van der Waals surface area contributed by atoms with Gasteiger partial charge in [-0.3, -0.25) is 4.79 Å². The van der Waals surface area contributed by atoms with Gasteiger partial charge in [0.05, 0.1) is 14.2 Å². The first kappa shape index (κ1) is 18.7. The van der Waals surface area contributed by atoms with E-state index in [1.807, 2.05) is 12.1 Å². The molecule has 0 bridgehead atoms. The standard InChI is InChI=1S/C22H20N2O5/c1-27-17-10-14(11-18(13-17)28-2)12-19-22(26)29-21(23-19)15-5-7-16(8-6-15)24-9-3-4-20(24)25/h5-8,10-13H,3-4,9H2,1-2H3. The summed E-state index contributed by atoms with van der Waals surface area (Å²) in [5.74, 6) is 1.05. The second-order valence-electron chi connectivity index (χ2n) is 6.68. The molecule has 148 valence electrons. The maximum atomic E-state index is 12.3. The van der Waals surface area contributed by atoms with E-state index in [-0.39, 0.29) is 17.5 Å². The predicted molar refractivity (Wildman–Crippen MR) is 108 cm³/mol. The van der Waals surface area contributed by atoms with Gasteiger partial charge in [-0.25, -0.2) is 9.79 Å². The van der Waals surface area contributed by atoms with E-state index in [2.05, 4.69) is 4.99 Å². The Hall–Kier alpha value is -3.61. The number of aliphatic imine (C=N–C) groups is 1. The highest BCUT2D eigenvalue weighted by molar-refractivity contribution is 6.13. The van der Waals surface area contributed by atoms with Crippen molar-refractivity contribution in [3.8, 4) is 11.5 Å². The molecule has 2 aliphatic rings. The molecule has 0 radical (unpaired) electrons. The van der Waals surface area contributed by atoms with Gasteiger partial charge in [0.1, 0.15) is 11.5 Å². The molecule has 0 aromatic heterocycles. The first-order valence-corrected chi connectivity index (χ1v) is 9.24. The molecule has 2 aromatic rings. The first-order valence-electron chi connectivity index (χ1n) is 9.24. The van der Waals surface area contributed by atoms with Crippen LogP contribution < -0.4 is 14.4 Å². The summed E-state index contributed by atoms with van der Waals surface area (Å²) in [5.41, 5.74) is 2.40. The Labute approximate surface area is 168 Å². The second kappa shape index (κ2) is 7.79. The molecule has 2 heterocycles. The molecule has 29 heavy (non-hydrogen) atoms. The molecule has 7 nitrogen and oxygen atoms in total. The van der Waals surface area contributed by atoms with E-state index in [0.717, 1.165) is 18.7 Å². The molecule has 0 spiro atoms. The van der Waals surface area contributed by atoms with E-state index < -0.39 is 5.97 Å². The SMILES string of the molecule is COc1cc(C=C2N=C(c3ccc(N4CCCC4=O)cc3)OC2=O)cc(OC)c1. The molecule has 0 saturated carbocycles. The Morgan fingerprint density at radius 3 is 2.31 bits per heavy atom. The fraction of sp³-hybridized carbons (Fsp3) is 0.227. The van der Waals surface area contributed by atoms with Crippen LogP contribution in [0.5, 0.6) is 11.5 Å². The van der Waals surface area contributed by atoms with E-state index >= 15 is 0 Å². The number of rotatable bonds is 5. The van der Waals surface area contributed by atoms with Crippen LogP contribution in [0.2, 0.25) is 0 Å². The first-order chi connectivity index (χ1) is 14.1. The number of esters is 1. The summed E-state index contributed by atoms with van der Waals surface area (Å²) in [5, 5.41) is 0. The van der Waals surface area contributed by atoms with Crippen LogP contribution in [0.15, 0.2) is 53.2 Å². The predicted octanol–water partition coefficient (Wildman–Crippen LogP) is 3.18. The van der Waals surface area contributed by atoms with Crippen molar-refractivity contribution in [3.63, 3.8) is 0 Å². The van der Waals surface area contributed by atoms with Crippen LogP contribution in [0, 0.1) is 0 Å². The Morgan fingerprint density at radius 1 is 1.03 bits per heavy atom. The number of benzene rings is 2. The van der Waals surface area contributed by atoms with E-state index in [9.17, 15) is 9.59 Å². The molecular formula is C22H20N2O5. The van der Waals surface area contributed by atoms with Crippen molar-refractivity contribution in [3.05, 3.63) is 59.3 Å². The summed E-state index contributed by atoms with van der Waals surface area (Å²) in [7, 11) is 3.12. The number of anilines is 1. The number of hydrogen-bond donors (Lipinski definition) is 0. The maximum absolute atomic E-state index is 12.3. The molecular weight excluding hydrogens is 372 g/mol. The van der Waals surface area contributed by atoms with Crippen LogP contribution >= 0.6 is 0 Å². The smallest absolute Gasteiger partial charge is 0.363 e. The van der Waals surface area contributed by atoms with Gasteiger partial charge in [0, 0.05) is 30.3 Å². The second-order valence-corrected chi connectivity index (χ2v) is 6.68. The Morgan fingerprint density at radius 2 is 1.72 bits per heavy atom. The average Bonchev–Trinajstić information content (AvgIpc) is 3.33. The lowest BCUT2D eigenvalue weighted by molar-refractivity contribution is -0.130. The molecule has 4 rings (SSSR count). The summed E-state index contributed by atoms with van der Waals surface area (Å²) >= 11 is 0. The zero-order chi connectivity index (χ0) is 20.4. The minimum atomic E-state index is -0.527. The van der Waals surface area contributed by atoms with Gasteiger partial charge in [0.15, 0.2) is 5.70 Å². The number of carbonyl (C=O) groups excluding carboxylic acids is 2. The van der Waals surface area contributed by atoms with E-state index in [0.29, 0.717) is 29.0 Å². The summed E-state index contributed by atoms with van der Waals surface area (Å²) < 4.78 is 15.8. The van der Waals surface area contributed by atoms with Gasteiger partial charge in [-0.05, 0) is 54.5 Å². The lowest BCUT2D eigenvalue weighted by atomic mass is 10.1. The molecule has 0 aliphatic carbocycles. The monoisotopic (exact) mass is 392 g/mol. The van der Waals surface area contributed by atoms with Crippen molar-refractivity contribution in [1.82, 2.24) is 0 Å². The van der Waals surface area contributed by atoms with Gasteiger partial charge < -0.3 is 19.1 Å². The molecule has 0 atom stereocenters. The Balaban J connectivity index is 1.59. The minimum absolute atomic E-state index is 0.126. The van der Waals surface area contributed by atoms with Crippen LogP contribution in [0.25, 0.3) is 6.08 Å². The molecule has 0 N–H and O–H groups in total. The quantitative estimate of drug-likeness (QED) is 0.577. The van der Waals surface area contributed by atoms with Crippen molar-refractivity contribution in [2.24, 2.45) is 4.99 Å². The lowest BCUT2D eigenvalue weighted by Gasteiger charge is -2.15. The van der Waals surface area contributed by atoms with Gasteiger partial charge in [0.2, 0.25) is 11.8 Å². The van der Waals surface area contributed by atoms with Crippen LogP contribution in [-0.4, -0.2) is 38.5 Å². The zero-order valence-corrected chi connectivity index (χ0v) is 16.2. The highest BCUT2D eigenvalue weighted by Gasteiger charge is 2.25. The largest absolute Gasteiger partial charge is 0.497 e. The van der Waals surface area contributed by atoms with Crippen LogP contribution in [0.4, 0.5) is 5.69 Å². The highest BCUT2D eigenvalue weighted by atomic mass is 16.6. The summed E-state index contributed by atoms with van der Waals surface area (Å²) in [6, 6.07) is 12.6. The van der Waals surface area contributed by atoms with Crippen molar-refractivity contribution in [1.29, 1.82) is 0 Å². The maximum Gasteiger partial charge on any atom is 0.363 e. The molecule has 2 aromatic carbocycles. The number of amides is 1. The van der Waals surface area contributed by atoms with E-state index in [1.165, 1.54) is 0 Å². The van der Waals surface area contributed by atoms with Gasteiger partial charge in [-0.2, -0.15) is 0 Å². The van der Waals surface area contributed by atoms with Crippen LogP contribution in [-0.2, 0) is 14.3 Å². The minimum Gasteiger partial charge on any atom is -0.497 e. The number of nitrogens with zero attached hydrogens (tertiary/aromatic N) is 2. The molecule has 0 unspecified atom stereocenters. The third-order valence-corrected chi connectivity index (χ3v) is 4.80. The molecule has 1 fully saturated rings. The molecule has 7 heteroatoms. The average molecular weight is 392 g/mol. The number of ether oxygens (including phenoxy) is 3. The van der Waals surface area contributed by atoms with Crippen molar-refractivity contribution >= 4 is 29.5 Å². The number of hydrogen-bond acceptors (Lipinski definition) is 6. The number of carbonyl (C=O) groups is 2. The summed E-state index contributed by atoms with van der Waals surface area (Å²) in [4.78, 5) is 30.2. The third kappa shape index (κ3) is 3.85. The van der Waals surface area contributed by atoms with Gasteiger partial charge in [-0.1, -0.05) is 0 Å². The van der Waals surface area contributed by atoms with Crippen molar-refractivity contribution in [2.45, 2.75) is 12.8 Å². The zero-order valence-electron chi connectivity index (χ0n) is 16.2. The van der Waals surface area contributed by atoms with Gasteiger partial charge in [0.25, 0.3) is 0 Å². The molecule has 1 saturated heterocycles. The number of cyclic esters (lactones) is 1. The van der Waals surface area contributed by atoms with E-state index in [1.54, 1.807) is 55.5 Å². The van der Waals surface area contributed by atoms with Gasteiger partial charge >= 0.3 is 5.97 Å². The summed E-state index contributed by atoms with van der Waals surface area (Å²) in [6.45, 7) is 0.727. The topological polar surface area (TPSA) is 77.4 Å². The summed E-state index contributed by atoms with van der Waals surface area (Å²) in [6.07, 6.45) is 3.07. The lowest BCUT2D eigenvalue weighted by Crippen LogP contribution is -2.23. The third-order valence-electron chi connectivity index (χ3n) is 4.80. The normalized spacial score (nSPS) is 17.5. The van der Waals surface area contributed by atoms with Crippen molar-refractivity contribution in [2.75, 3.05) is 25.7 Å². The van der Waals surface area contributed by atoms with Crippen LogP contribution in [0.3, 0.4) is 0 Å². The van der Waals surface area contributed by atoms with Gasteiger partial charge in [-0.15, -0.1) is 0 Å². The fourth-order valence-corrected chi connectivity index (χ4v) is 3.31. The Kier molecular flexibility index (Phi) is 5.03. The molecule has 1 amide bonds. The van der Waals surface area contributed by atoms with Crippen LogP contribution in [0.1, 0.15) is 24.0 Å².